The first-order chi connectivity index (χ1) is 18.2. The summed E-state index contributed by atoms with van der Waals surface area (Å²) in [6, 6.07) is 17.8. The van der Waals surface area contributed by atoms with Crippen LogP contribution in [0.25, 0.3) is 21.3 Å². The molecule has 5 aromatic rings. The van der Waals surface area contributed by atoms with Crippen LogP contribution < -0.4 is 10.6 Å². The number of nitrogens with one attached hydrogen (secondary N) is 3. The monoisotopic (exact) mass is 573 g/mol. The number of hydrogen-bond acceptors (Lipinski definition) is 7. The number of thioether (sulfide) groups is 2. The zero-order chi connectivity index (χ0) is 26.7. The molecule has 0 bridgehead atoms. The number of nitrogens with zero attached hydrogens (tertiary/aromatic N) is 2. The van der Waals surface area contributed by atoms with E-state index >= 15 is 0 Å². The second kappa shape index (κ2) is 11.1. The van der Waals surface area contributed by atoms with Gasteiger partial charge in [-0.2, -0.15) is 13.2 Å². The van der Waals surface area contributed by atoms with Gasteiger partial charge in [-0.25, -0.2) is 9.97 Å². The summed E-state index contributed by atoms with van der Waals surface area (Å²) < 4.78 is 40.8. The second-order valence-electron chi connectivity index (χ2n) is 7.94. The standard InChI is InChI=1S/C25H18F3N5O2S3/c26-25(27,28)15-5-1-2-6-16(15)30-22(35)13-37-24-33-19-10-9-14(11-20(19)38-24)29-21(34)12-36-23-31-17-7-3-4-8-18(17)32-23/h1-11H,12-13H2,(H,29,34)(H,30,35)(H,31,32). The van der Waals surface area contributed by atoms with E-state index in [-0.39, 0.29) is 23.1 Å². The van der Waals surface area contributed by atoms with Crippen molar-refractivity contribution < 1.29 is 22.8 Å². The van der Waals surface area contributed by atoms with Crippen molar-refractivity contribution in [3.63, 3.8) is 0 Å². The quantitative estimate of drug-likeness (QED) is 0.180. The molecule has 2 aromatic heterocycles. The van der Waals surface area contributed by atoms with Crippen molar-refractivity contribution in [3.05, 3.63) is 72.3 Å². The van der Waals surface area contributed by atoms with Gasteiger partial charge in [0.1, 0.15) is 0 Å². The van der Waals surface area contributed by atoms with E-state index in [1.165, 1.54) is 41.3 Å². The zero-order valence-corrected chi connectivity index (χ0v) is 21.8. The van der Waals surface area contributed by atoms with Gasteiger partial charge in [-0.3, -0.25) is 9.59 Å². The van der Waals surface area contributed by atoms with Gasteiger partial charge in [-0.15, -0.1) is 11.3 Å². The number of carbonyl (C=O) groups excluding carboxylic acids is 2. The van der Waals surface area contributed by atoms with E-state index in [1.54, 1.807) is 18.2 Å². The molecule has 38 heavy (non-hydrogen) atoms. The summed E-state index contributed by atoms with van der Waals surface area (Å²) in [4.78, 5) is 36.8. The molecule has 5 rings (SSSR count). The minimum absolute atomic E-state index is 0.103. The summed E-state index contributed by atoms with van der Waals surface area (Å²) in [5.41, 5.74) is 1.86. The number of para-hydroxylation sites is 3. The summed E-state index contributed by atoms with van der Waals surface area (Å²) in [5.74, 6) is -0.686. The first kappa shape index (κ1) is 26.1. The molecule has 0 spiro atoms. The second-order valence-corrected chi connectivity index (χ2v) is 11.2. The van der Waals surface area contributed by atoms with Crippen LogP contribution in [0.2, 0.25) is 0 Å². The Morgan fingerprint density at radius 2 is 1.61 bits per heavy atom. The lowest BCUT2D eigenvalue weighted by atomic mass is 10.1. The van der Waals surface area contributed by atoms with Crippen LogP contribution in [0, 0.1) is 0 Å². The van der Waals surface area contributed by atoms with Gasteiger partial charge in [0.25, 0.3) is 0 Å². The molecule has 0 aliphatic carbocycles. The summed E-state index contributed by atoms with van der Waals surface area (Å²) in [7, 11) is 0. The minimum Gasteiger partial charge on any atom is -0.333 e. The Hall–Kier alpha value is -3.55. The summed E-state index contributed by atoms with van der Waals surface area (Å²) in [6.45, 7) is 0. The topological polar surface area (TPSA) is 99.8 Å². The van der Waals surface area contributed by atoms with E-state index in [1.807, 2.05) is 24.3 Å². The van der Waals surface area contributed by atoms with E-state index in [0.717, 1.165) is 33.6 Å². The van der Waals surface area contributed by atoms with Gasteiger partial charge >= 0.3 is 6.18 Å². The molecule has 0 fully saturated rings. The maximum absolute atomic E-state index is 13.1. The molecular weight excluding hydrogens is 556 g/mol. The van der Waals surface area contributed by atoms with Gasteiger partial charge in [-0.05, 0) is 42.5 Å². The third kappa shape index (κ3) is 6.29. The summed E-state index contributed by atoms with van der Waals surface area (Å²) in [6.07, 6.45) is -4.57. The van der Waals surface area contributed by atoms with Gasteiger partial charge in [-0.1, -0.05) is 47.8 Å². The van der Waals surface area contributed by atoms with Gasteiger partial charge in [0.05, 0.1) is 44.0 Å². The minimum atomic E-state index is -4.57. The van der Waals surface area contributed by atoms with E-state index in [4.69, 9.17) is 0 Å². The molecule has 0 unspecified atom stereocenters. The maximum Gasteiger partial charge on any atom is 0.418 e. The number of fused-ring (bicyclic) bond motifs is 2. The highest BCUT2D eigenvalue weighted by atomic mass is 32.2. The SMILES string of the molecule is O=C(CSc1nc2ccccc2[nH]1)Nc1ccc2nc(SCC(=O)Nc3ccccc3C(F)(F)F)sc2c1. The predicted octanol–water partition coefficient (Wildman–Crippen LogP) is 6.65. The molecule has 0 aliphatic rings. The van der Waals surface area contributed by atoms with Crippen molar-refractivity contribution in [1.29, 1.82) is 0 Å². The number of H-pyrrole nitrogens is 1. The van der Waals surface area contributed by atoms with Crippen LogP contribution in [0.5, 0.6) is 0 Å². The fourth-order valence-corrected chi connectivity index (χ4v) is 6.12. The maximum atomic E-state index is 13.1. The predicted molar refractivity (Wildman–Crippen MR) is 146 cm³/mol. The first-order valence-corrected chi connectivity index (χ1v) is 13.9. The number of hydrogen-bond donors (Lipinski definition) is 3. The lowest BCUT2D eigenvalue weighted by Crippen LogP contribution is -2.18. The Kier molecular flexibility index (Phi) is 7.58. The molecule has 13 heteroatoms. The number of thiazole rings is 1. The van der Waals surface area contributed by atoms with Gasteiger partial charge in [0, 0.05) is 5.69 Å². The number of rotatable bonds is 8. The van der Waals surface area contributed by atoms with E-state index in [9.17, 15) is 22.8 Å². The molecular formula is C25H18F3N5O2S3. The fraction of sp³-hybridized carbons (Fsp3) is 0.120. The highest BCUT2D eigenvalue weighted by Gasteiger charge is 2.33. The van der Waals surface area contributed by atoms with Gasteiger partial charge in [0.15, 0.2) is 9.50 Å². The number of alkyl halides is 3. The van der Waals surface area contributed by atoms with Crippen LogP contribution in [0.15, 0.2) is 76.2 Å². The van der Waals surface area contributed by atoms with Crippen molar-refractivity contribution in [2.45, 2.75) is 15.7 Å². The van der Waals surface area contributed by atoms with Crippen molar-refractivity contribution >= 4 is 79.3 Å². The highest BCUT2D eigenvalue weighted by Crippen LogP contribution is 2.35. The van der Waals surface area contributed by atoms with E-state index < -0.39 is 17.6 Å². The van der Waals surface area contributed by atoms with Gasteiger partial charge in [0.2, 0.25) is 11.8 Å². The van der Waals surface area contributed by atoms with Crippen LogP contribution in [0.1, 0.15) is 5.56 Å². The molecule has 0 saturated carbocycles. The van der Waals surface area contributed by atoms with E-state index in [0.29, 0.717) is 20.7 Å². The number of amides is 2. The number of halogens is 3. The molecule has 0 radical (unpaired) electrons. The number of anilines is 2. The van der Waals surface area contributed by atoms with Gasteiger partial charge < -0.3 is 15.6 Å². The fourth-order valence-electron chi connectivity index (χ4n) is 3.52. The molecule has 0 aliphatic heterocycles. The zero-order valence-electron chi connectivity index (χ0n) is 19.3. The normalized spacial score (nSPS) is 11.7. The lowest BCUT2D eigenvalue weighted by Gasteiger charge is -2.13. The average molecular weight is 574 g/mol. The summed E-state index contributed by atoms with van der Waals surface area (Å²) >= 11 is 3.76. The average Bonchev–Trinajstić information content (AvgIpc) is 3.49. The number of benzene rings is 3. The Balaban J connectivity index is 1.16. The van der Waals surface area contributed by atoms with Crippen molar-refractivity contribution in [3.8, 4) is 0 Å². The molecule has 7 nitrogen and oxygen atoms in total. The number of aromatic amines is 1. The Morgan fingerprint density at radius 1 is 0.868 bits per heavy atom. The lowest BCUT2D eigenvalue weighted by molar-refractivity contribution is -0.137. The number of aromatic nitrogens is 3. The van der Waals surface area contributed by atoms with Crippen molar-refractivity contribution in [2.75, 3.05) is 22.1 Å². The first-order valence-electron chi connectivity index (χ1n) is 11.1. The molecule has 194 valence electrons. The highest BCUT2D eigenvalue weighted by molar-refractivity contribution is 8.01. The van der Waals surface area contributed by atoms with Crippen molar-refractivity contribution in [2.24, 2.45) is 0 Å². The Bertz CT molecular complexity index is 1600. The Morgan fingerprint density at radius 3 is 2.42 bits per heavy atom. The third-order valence-corrected chi connectivity index (χ3v) is 8.23. The number of carbonyl (C=O) groups is 2. The Labute approximate surface area is 226 Å². The van der Waals surface area contributed by atoms with Crippen LogP contribution in [-0.2, 0) is 15.8 Å². The molecule has 2 amide bonds. The smallest absolute Gasteiger partial charge is 0.333 e. The molecule has 3 N–H and O–H groups in total. The van der Waals surface area contributed by atoms with Crippen LogP contribution in [0.3, 0.4) is 0 Å². The van der Waals surface area contributed by atoms with Crippen LogP contribution in [-0.4, -0.2) is 38.3 Å². The number of imidazole rings is 1. The molecule has 3 aromatic carbocycles. The molecule has 0 atom stereocenters. The van der Waals surface area contributed by atoms with Crippen LogP contribution >= 0.6 is 34.9 Å². The molecule has 0 saturated heterocycles. The van der Waals surface area contributed by atoms with Crippen molar-refractivity contribution in [1.82, 2.24) is 15.0 Å². The molecule has 2 heterocycles. The third-order valence-electron chi connectivity index (χ3n) is 5.19. The van der Waals surface area contributed by atoms with Crippen LogP contribution in [0.4, 0.5) is 24.5 Å². The largest absolute Gasteiger partial charge is 0.418 e. The van der Waals surface area contributed by atoms with E-state index in [2.05, 4.69) is 25.6 Å². The summed E-state index contributed by atoms with van der Waals surface area (Å²) in [5, 5.41) is 5.84.